The summed E-state index contributed by atoms with van der Waals surface area (Å²) in [5.74, 6) is -1.49. The van der Waals surface area contributed by atoms with Crippen LogP contribution in [-0.2, 0) is 19.6 Å². The van der Waals surface area contributed by atoms with E-state index in [2.05, 4.69) is 10.6 Å². The van der Waals surface area contributed by atoms with Crippen molar-refractivity contribution < 1.29 is 18.0 Å². The van der Waals surface area contributed by atoms with E-state index in [4.69, 9.17) is 0 Å². The second-order valence-corrected chi connectivity index (χ2v) is 8.99. The third-order valence-corrected chi connectivity index (χ3v) is 6.48. The van der Waals surface area contributed by atoms with Crippen LogP contribution in [0.25, 0.3) is 0 Å². The van der Waals surface area contributed by atoms with Crippen LogP contribution < -0.4 is 14.9 Å². The van der Waals surface area contributed by atoms with Crippen molar-refractivity contribution in [3.8, 4) is 0 Å². The quantitative estimate of drug-likeness (QED) is 0.773. The van der Waals surface area contributed by atoms with Gasteiger partial charge in [0, 0.05) is 17.9 Å². The van der Waals surface area contributed by atoms with Crippen molar-refractivity contribution in [3.63, 3.8) is 0 Å². The lowest BCUT2D eigenvalue weighted by Gasteiger charge is -2.18. The molecular formula is C20H23N3O4S. The Morgan fingerprint density at radius 1 is 0.964 bits per heavy atom. The fraction of sp³-hybridized carbons (Fsp3) is 0.300. The Hall–Kier alpha value is -2.87. The zero-order chi connectivity index (χ0) is 20.5. The molecule has 0 unspecified atom stereocenters. The molecule has 0 aliphatic carbocycles. The van der Waals surface area contributed by atoms with Gasteiger partial charge in [-0.2, -0.15) is 0 Å². The highest BCUT2D eigenvalue weighted by Gasteiger charge is 2.28. The van der Waals surface area contributed by atoms with Gasteiger partial charge in [0.1, 0.15) is 0 Å². The van der Waals surface area contributed by atoms with E-state index in [0.717, 1.165) is 16.7 Å². The number of nitrogens with zero attached hydrogens (tertiary/aromatic N) is 1. The topological polar surface area (TPSA) is 95.6 Å². The van der Waals surface area contributed by atoms with Crippen molar-refractivity contribution >= 4 is 38.9 Å². The van der Waals surface area contributed by atoms with Crippen LogP contribution in [0.4, 0.5) is 17.1 Å². The van der Waals surface area contributed by atoms with Gasteiger partial charge in [0.15, 0.2) is 0 Å². The maximum Gasteiger partial charge on any atom is 0.314 e. The fourth-order valence-electron chi connectivity index (χ4n) is 3.40. The molecule has 7 nitrogen and oxygen atoms in total. The second kappa shape index (κ2) is 7.63. The van der Waals surface area contributed by atoms with Crippen molar-refractivity contribution in [3.05, 3.63) is 53.1 Å². The maximum absolute atomic E-state index is 12.3. The predicted octanol–water partition coefficient (Wildman–Crippen LogP) is 2.73. The number of hydrogen-bond acceptors (Lipinski definition) is 4. The van der Waals surface area contributed by atoms with Gasteiger partial charge in [0.25, 0.3) is 0 Å². The van der Waals surface area contributed by atoms with Gasteiger partial charge in [-0.3, -0.25) is 13.9 Å². The van der Waals surface area contributed by atoms with E-state index in [0.29, 0.717) is 30.0 Å². The number of sulfonamides is 1. The Bertz CT molecular complexity index is 1020. The van der Waals surface area contributed by atoms with Crippen LogP contribution in [0, 0.1) is 20.8 Å². The van der Waals surface area contributed by atoms with E-state index in [1.807, 2.05) is 32.9 Å². The number of anilines is 3. The molecule has 8 heteroatoms. The summed E-state index contributed by atoms with van der Waals surface area (Å²) in [5.41, 5.74) is 4.27. The first-order chi connectivity index (χ1) is 13.2. The molecule has 0 bridgehead atoms. The van der Waals surface area contributed by atoms with Gasteiger partial charge in [-0.05, 0) is 56.5 Å². The minimum absolute atomic E-state index is 0.112. The zero-order valence-electron chi connectivity index (χ0n) is 16.1. The normalized spacial score (nSPS) is 15.3. The molecule has 3 rings (SSSR count). The molecule has 2 aromatic carbocycles. The van der Waals surface area contributed by atoms with Gasteiger partial charge in [0.2, 0.25) is 10.0 Å². The highest BCUT2D eigenvalue weighted by atomic mass is 32.2. The maximum atomic E-state index is 12.3. The molecule has 0 spiro atoms. The minimum Gasteiger partial charge on any atom is -0.318 e. The van der Waals surface area contributed by atoms with Crippen molar-refractivity contribution in [1.82, 2.24) is 0 Å². The second-order valence-electron chi connectivity index (χ2n) is 6.97. The van der Waals surface area contributed by atoms with Crippen LogP contribution in [0.1, 0.15) is 23.1 Å². The van der Waals surface area contributed by atoms with Crippen LogP contribution in [-0.4, -0.2) is 32.5 Å². The molecule has 1 aliphatic heterocycles. The summed E-state index contributed by atoms with van der Waals surface area (Å²) in [6, 6.07) is 10.3. The van der Waals surface area contributed by atoms with Gasteiger partial charge >= 0.3 is 11.8 Å². The Kier molecular flexibility index (Phi) is 5.42. The number of aryl methyl sites for hydroxylation is 3. The highest BCUT2D eigenvalue weighted by molar-refractivity contribution is 7.93. The van der Waals surface area contributed by atoms with Crippen LogP contribution >= 0.6 is 0 Å². The van der Waals surface area contributed by atoms with Crippen molar-refractivity contribution in [2.75, 3.05) is 27.2 Å². The van der Waals surface area contributed by atoms with Crippen molar-refractivity contribution in [2.45, 2.75) is 27.2 Å². The van der Waals surface area contributed by atoms with Gasteiger partial charge in [-0.25, -0.2) is 8.42 Å². The summed E-state index contributed by atoms with van der Waals surface area (Å²) in [6.07, 6.45) is 0.566. The molecule has 0 atom stereocenters. The van der Waals surface area contributed by atoms with E-state index in [1.54, 1.807) is 24.3 Å². The average Bonchev–Trinajstić information content (AvgIpc) is 2.97. The lowest BCUT2D eigenvalue weighted by molar-refractivity contribution is -0.133. The molecule has 2 aromatic rings. The van der Waals surface area contributed by atoms with Gasteiger partial charge in [0.05, 0.1) is 11.4 Å². The molecule has 1 fully saturated rings. The first-order valence-electron chi connectivity index (χ1n) is 8.98. The van der Waals surface area contributed by atoms with Crippen LogP contribution in [0.15, 0.2) is 36.4 Å². The Balaban J connectivity index is 1.73. The third kappa shape index (κ3) is 4.17. The van der Waals surface area contributed by atoms with Crippen LogP contribution in [0.2, 0.25) is 0 Å². The Labute approximate surface area is 164 Å². The van der Waals surface area contributed by atoms with Crippen molar-refractivity contribution in [2.24, 2.45) is 0 Å². The minimum atomic E-state index is -3.31. The van der Waals surface area contributed by atoms with Gasteiger partial charge in [-0.15, -0.1) is 0 Å². The molecule has 1 saturated heterocycles. The third-order valence-electron chi connectivity index (χ3n) is 4.61. The van der Waals surface area contributed by atoms with Gasteiger partial charge in [-0.1, -0.05) is 23.8 Å². The van der Waals surface area contributed by atoms with Crippen molar-refractivity contribution in [1.29, 1.82) is 0 Å². The monoisotopic (exact) mass is 401 g/mol. The Morgan fingerprint density at radius 3 is 2.21 bits per heavy atom. The molecule has 2 N–H and O–H groups in total. The zero-order valence-corrected chi connectivity index (χ0v) is 16.9. The lowest BCUT2D eigenvalue weighted by atomic mass is 10.1. The van der Waals surface area contributed by atoms with E-state index in [-0.39, 0.29) is 5.75 Å². The summed E-state index contributed by atoms with van der Waals surface area (Å²) in [7, 11) is -3.31. The largest absolute Gasteiger partial charge is 0.318 e. The standard InChI is InChI=1S/C20H23N3O4S/c1-13-10-14(2)18(15(3)11-13)22-20(25)19(24)21-16-6-4-7-17(12-16)23-8-5-9-28(23,26)27/h4,6-7,10-12H,5,8-9H2,1-3H3,(H,21,24)(H,22,25). The SMILES string of the molecule is Cc1cc(C)c(NC(=O)C(=O)Nc2cccc(N3CCCS3(=O)=O)c2)c(C)c1. The molecule has 2 amide bonds. The molecule has 148 valence electrons. The summed E-state index contributed by atoms with van der Waals surface area (Å²) in [6.45, 7) is 6.11. The fourth-order valence-corrected chi connectivity index (χ4v) is 4.96. The summed E-state index contributed by atoms with van der Waals surface area (Å²) in [5, 5.41) is 5.18. The molecule has 0 saturated carbocycles. The van der Waals surface area contributed by atoms with E-state index in [9.17, 15) is 18.0 Å². The van der Waals surface area contributed by atoms with E-state index in [1.165, 1.54) is 4.31 Å². The number of carbonyl (C=O) groups is 2. The van der Waals surface area contributed by atoms with E-state index < -0.39 is 21.8 Å². The summed E-state index contributed by atoms with van der Waals surface area (Å²) < 4.78 is 25.5. The van der Waals surface area contributed by atoms with Crippen LogP contribution in [0.3, 0.4) is 0 Å². The number of rotatable bonds is 3. The highest BCUT2D eigenvalue weighted by Crippen LogP contribution is 2.26. The molecular weight excluding hydrogens is 378 g/mol. The number of hydrogen-bond donors (Lipinski definition) is 2. The average molecular weight is 401 g/mol. The molecule has 1 aliphatic rings. The molecule has 0 aromatic heterocycles. The summed E-state index contributed by atoms with van der Waals surface area (Å²) in [4.78, 5) is 24.6. The first kappa shape index (κ1) is 19.9. The van der Waals surface area contributed by atoms with Crippen LogP contribution in [0.5, 0.6) is 0 Å². The number of carbonyl (C=O) groups excluding carboxylic acids is 2. The molecule has 1 heterocycles. The number of amides is 2. The number of nitrogens with one attached hydrogen (secondary N) is 2. The molecule has 28 heavy (non-hydrogen) atoms. The molecule has 0 radical (unpaired) electrons. The Morgan fingerprint density at radius 2 is 1.61 bits per heavy atom. The first-order valence-corrected chi connectivity index (χ1v) is 10.6. The van der Waals surface area contributed by atoms with E-state index >= 15 is 0 Å². The number of benzene rings is 2. The predicted molar refractivity (Wildman–Crippen MR) is 110 cm³/mol. The summed E-state index contributed by atoms with van der Waals surface area (Å²) >= 11 is 0. The van der Waals surface area contributed by atoms with Gasteiger partial charge < -0.3 is 10.6 Å². The lowest BCUT2D eigenvalue weighted by Crippen LogP contribution is -2.30. The smallest absolute Gasteiger partial charge is 0.314 e.